The minimum atomic E-state index is 0.0559. The van der Waals surface area contributed by atoms with Crippen LogP contribution in [-0.2, 0) is 4.79 Å². The predicted octanol–water partition coefficient (Wildman–Crippen LogP) is 6.63. The van der Waals surface area contributed by atoms with Crippen LogP contribution in [0.1, 0.15) is 49.3 Å². The Morgan fingerprint density at radius 1 is 1.25 bits per heavy atom. The number of carbonyl (C=O) groups excluding carboxylic acids is 1. The molecule has 0 radical (unpaired) electrons. The Kier molecular flexibility index (Phi) is 5.70. The first-order chi connectivity index (χ1) is 13.6. The first-order valence-electron chi connectivity index (χ1n) is 9.81. The molecule has 28 heavy (non-hydrogen) atoms. The van der Waals surface area contributed by atoms with Gasteiger partial charge >= 0.3 is 0 Å². The van der Waals surface area contributed by atoms with Crippen LogP contribution in [0.25, 0.3) is 0 Å². The Balaban J connectivity index is 1.73. The van der Waals surface area contributed by atoms with Crippen LogP contribution in [0, 0.1) is 5.92 Å². The van der Waals surface area contributed by atoms with Gasteiger partial charge < -0.3 is 10.6 Å². The zero-order valence-corrected chi connectivity index (χ0v) is 17.7. The van der Waals surface area contributed by atoms with Crippen molar-refractivity contribution in [2.45, 2.75) is 43.0 Å². The molecule has 4 rings (SSSR count). The van der Waals surface area contributed by atoms with Crippen LogP contribution in [0.3, 0.4) is 0 Å². The molecule has 1 amide bonds. The summed E-state index contributed by atoms with van der Waals surface area (Å²) in [5, 5.41) is 7.51. The molecule has 0 aromatic heterocycles. The van der Waals surface area contributed by atoms with Crippen LogP contribution in [0.4, 0.5) is 11.4 Å². The molecule has 2 aromatic rings. The Labute approximate surface area is 175 Å². The molecule has 2 aromatic carbocycles. The third-order valence-corrected chi connectivity index (χ3v) is 6.75. The lowest BCUT2D eigenvalue weighted by atomic mass is 9.76. The standard InChI is InChI=1S/C23H25ClN2OS/c1-3-5-20(27)25-19-13-12-18(24)23-21(19)16-6-4-7-17(16)22(26-23)14-8-10-15(28-2)11-9-14/h4,6,8-13,16-17,22,26H,3,5,7H2,1-2H3,(H,25,27). The highest BCUT2D eigenvalue weighted by atomic mass is 35.5. The fourth-order valence-corrected chi connectivity index (χ4v) is 4.99. The van der Waals surface area contributed by atoms with Gasteiger partial charge in [-0.2, -0.15) is 0 Å². The number of rotatable bonds is 5. The molecule has 0 spiro atoms. The van der Waals surface area contributed by atoms with Crippen molar-refractivity contribution in [3.8, 4) is 0 Å². The molecule has 3 nitrogen and oxygen atoms in total. The summed E-state index contributed by atoms with van der Waals surface area (Å²) in [6.45, 7) is 2.02. The van der Waals surface area contributed by atoms with Gasteiger partial charge in [-0.05, 0) is 54.8 Å². The van der Waals surface area contributed by atoms with E-state index in [2.05, 4.69) is 53.3 Å². The molecule has 1 heterocycles. The Hall–Kier alpha value is -1.91. The van der Waals surface area contributed by atoms with E-state index in [1.165, 1.54) is 10.5 Å². The summed E-state index contributed by atoms with van der Waals surface area (Å²) >= 11 is 8.35. The quantitative estimate of drug-likeness (QED) is 0.427. The second-order valence-electron chi connectivity index (χ2n) is 7.43. The number of allylic oxidation sites excluding steroid dienone is 2. The van der Waals surface area contributed by atoms with Gasteiger partial charge in [0.1, 0.15) is 0 Å². The van der Waals surface area contributed by atoms with Gasteiger partial charge in [0, 0.05) is 28.5 Å². The van der Waals surface area contributed by atoms with E-state index in [0.717, 1.165) is 29.8 Å². The second kappa shape index (κ2) is 8.22. The summed E-state index contributed by atoms with van der Waals surface area (Å²) in [6, 6.07) is 12.8. The van der Waals surface area contributed by atoms with Crippen molar-refractivity contribution >= 4 is 40.6 Å². The van der Waals surface area contributed by atoms with Gasteiger partial charge in [-0.25, -0.2) is 0 Å². The van der Waals surface area contributed by atoms with E-state index in [1.54, 1.807) is 11.8 Å². The van der Waals surface area contributed by atoms with Crippen molar-refractivity contribution in [2.75, 3.05) is 16.9 Å². The average Bonchev–Trinajstić information content (AvgIpc) is 3.19. The summed E-state index contributed by atoms with van der Waals surface area (Å²) in [4.78, 5) is 13.5. The minimum Gasteiger partial charge on any atom is -0.376 e. The highest BCUT2D eigenvalue weighted by molar-refractivity contribution is 7.98. The SMILES string of the molecule is CCCC(=O)Nc1ccc(Cl)c2c1C1C=CCC1C(c1ccc(SC)cc1)N2. The van der Waals surface area contributed by atoms with Crippen LogP contribution in [-0.4, -0.2) is 12.2 Å². The van der Waals surface area contributed by atoms with E-state index in [1.807, 2.05) is 19.1 Å². The largest absolute Gasteiger partial charge is 0.376 e. The topological polar surface area (TPSA) is 41.1 Å². The van der Waals surface area contributed by atoms with Gasteiger partial charge in [0.15, 0.2) is 0 Å². The first-order valence-corrected chi connectivity index (χ1v) is 11.4. The molecule has 5 heteroatoms. The summed E-state index contributed by atoms with van der Waals surface area (Å²) in [5.41, 5.74) is 4.22. The number of thioether (sulfide) groups is 1. The Morgan fingerprint density at radius 2 is 2.04 bits per heavy atom. The van der Waals surface area contributed by atoms with Gasteiger partial charge in [0.05, 0.1) is 16.8 Å². The van der Waals surface area contributed by atoms with Crippen LogP contribution in [0.15, 0.2) is 53.4 Å². The first kappa shape index (κ1) is 19.4. The lowest BCUT2D eigenvalue weighted by molar-refractivity contribution is -0.116. The molecule has 2 N–H and O–H groups in total. The number of benzene rings is 2. The highest BCUT2D eigenvalue weighted by Gasteiger charge is 2.40. The average molecular weight is 413 g/mol. The maximum Gasteiger partial charge on any atom is 0.224 e. The van der Waals surface area contributed by atoms with Gasteiger partial charge in [0.25, 0.3) is 0 Å². The van der Waals surface area contributed by atoms with Gasteiger partial charge in [-0.1, -0.05) is 42.8 Å². The molecule has 0 bridgehead atoms. The van der Waals surface area contributed by atoms with Gasteiger partial charge in [-0.15, -0.1) is 11.8 Å². The molecule has 0 saturated carbocycles. The Morgan fingerprint density at radius 3 is 2.75 bits per heavy atom. The van der Waals surface area contributed by atoms with E-state index < -0.39 is 0 Å². The number of hydrogen-bond donors (Lipinski definition) is 2. The van der Waals surface area contributed by atoms with Crippen LogP contribution in [0.5, 0.6) is 0 Å². The minimum absolute atomic E-state index is 0.0559. The summed E-state index contributed by atoms with van der Waals surface area (Å²) in [6.07, 6.45) is 9.00. The van der Waals surface area contributed by atoms with E-state index >= 15 is 0 Å². The summed E-state index contributed by atoms with van der Waals surface area (Å²) < 4.78 is 0. The van der Waals surface area contributed by atoms with Crippen LogP contribution < -0.4 is 10.6 Å². The normalized spacial score (nSPS) is 22.3. The van der Waals surface area contributed by atoms with Gasteiger partial charge in [-0.3, -0.25) is 4.79 Å². The van der Waals surface area contributed by atoms with E-state index in [-0.39, 0.29) is 17.9 Å². The smallest absolute Gasteiger partial charge is 0.224 e. The zero-order valence-electron chi connectivity index (χ0n) is 16.2. The highest BCUT2D eigenvalue weighted by Crippen LogP contribution is 2.53. The predicted molar refractivity (Wildman–Crippen MR) is 120 cm³/mol. The maximum atomic E-state index is 12.2. The lowest BCUT2D eigenvalue weighted by Crippen LogP contribution is -2.30. The third-order valence-electron chi connectivity index (χ3n) is 5.69. The molecule has 146 valence electrons. The van der Waals surface area contributed by atoms with Crippen molar-refractivity contribution in [3.05, 3.63) is 64.7 Å². The summed E-state index contributed by atoms with van der Waals surface area (Å²) in [5.74, 6) is 0.713. The fraction of sp³-hybridized carbons (Fsp3) is 0.348. The number of amides is 1. The molecule has 0 fully saturated rings. The monoisotopic (exact) mass is 412 g/mol. The van der Waals surface area contributed by atoms with Gasteiger partial charge in [0.2, 0.25) is 5.91 Å². The molecule has 1 aliphatic heterocycles. The van der Waals surface area contributed by atoms with Crippen molar-refractivity contribution in [1.82, 2.24) is 0 Å². The van der Waals surface area contributed by atoms with Crippen molar-refractivity contribution in [1.29, 1.82) is 0 Å². The van der Waals surface area contributed by atoms with E-state index in [0.29, 0.717) is 17.4 Å². The van der Waals surface area contributed by atoms with E-state index in [9.17, 15) is 4.79 Å². The molecule has 1 aliphatic carbocycles. The fourth-order valence-electron chi connectivity index (χ4n) is 4.36. The van der Waals surface area contributed by atoms with Crippen LogP contribution >= 0.6 is 23.4 Å². The molecule has 3 atom stereocenters. The number of halogens is 1. The number of nitrogens with one attached hydrogen (secondary N) is 2. The van der Waals surface area contributed by atoms with Crippen LogP contribution in [0.2, 0.25) is 5.02 Å². The van der Waals surface area contributed by atoms with Crippen molar-refractivity contribution in [3.63, 3.8) is 0 Å². The summed E-state index contributed by atoms with van der Waals surface area (Å²) in [7, 11) is 0. The second-order valence-corrected chi connectivity index (χ2v) is 8.72. The Bertz CT molecular complexity index is 910. The lowest BCUT2D eigenvalue weighted by Gasteiger charge is -2.39. The number of fused-ring (bicyclic) bond motifs is 3. The molecule has 2 aliphatic rings. The third kappa shape index (κ3) is 3.56. The van der Waals surface area contributed by atoms with E-state index in [4.69, 9.17) is 11.6 Å². The zero-order chi connectivity index (χ0) is 19.7. The molecular formula is C23H25ClN2OS. The molecule has 0 saturated heterocycles. The van der Waals surface area contributed by atoms with Crippen molar-refractivity contribution in [2.24, 2.45) is 5.92 Å². The van der Waals surface area contributed by atoms with Crippen molar-refractivity contribution < 1.29 is 4.79 Å². The molecular weight excluding hydrogens is 388 g/mol. The maximum absolute atomic E-state index is 12.2. The number of anilines is 2. The number of hydrogen-bond acceptors (Lipinski definition) is 3. The molecule has 3 unspecified atom stereocenters. The number of carbonyl (C=O) groups is 1.